The smallest absolute Gasteiger partial charge is 0.371 e. The van der Waals surface area contributed by atoms with E-state index in [0.717, 1.165) is 5.56 Å². The maximum atomic E-state index is 12.3. The summed E-state index contributed by atoms with van der Waals surface area (Å²) in [5.41, 5.74) is 2.45. The number of carbonyl (C=O) groups is 2. The van der Waals surface area contributed by atoms with Gasteiger partial charge in [-0.3, -0.25) is 10.1 Å². The van der Waals surface area contributed by atoms with Gasteiger partial charge in [0.1, 0.15) is 5.76 Å². The Hall–Kier alpha value is -3.16. The van der Waals surface area contributed by atoms with E-state index in [-0.39, 0.29) is 16.8 Å². The molecule has 3 rings (SSSR count). The number of halogens is 1. The quantitative estimate of drug-likeness (QED) is 0.534. The number of hydrogen-bond donors (Lipinski definition) is 3. The highest BCUT2D eigenvalue weighted by molar-refractivity contribution is 7.80. The molecule has 0 atom stereocenters. The van der Waals surface area contributed by atoms with Gasteiger partial charge in [0.05, 0.1) is 5.69 Å². The minimum atomic E-state index is -1.17. The van der Waals surface area contributed by atoms with Gasteiger partial charge in [-0.2, -0.15) is 0 Å². The van der Waals surface area contributed by atoms with E-state index in [1.165, 1.54) is 12.1 Å². The molecule has 142 valence electrons. The summed E-state index contributed by atoms with van der Waals surface area (Å²) in [6.07, 6.45) is 0. The largest absolute Gasteiger partial charge is 0.475 e. The Balaban J connectivity index is 1.81. The predicted molar refractivity (Wildman–Crippen MR) is 111 cm³/mol. The molecule has 0 fully saturated rings. The van der Waals surface area contributed by atoms with Crippen molar-refractivity contribution >= 4 is 46.5 Å². The summed E-state index contributed by atoms with van der Waals surface area (Å²) in [6, 6.07) is 14.9. The number of benzene rings is 2. The standard InChI is InChI=1S/C20H15ClN2O4S/c1-11-3-2-4-12(9-11)18(24)23-20(28)22-15-10-13(21)5-6-14(15)16-7-8-17(27-16)19(25)26/h2-10H,1H3,(H,25,26)(H2,22,23,24,28). The minimum absolute atomic E-state index is 0.0695. The Labute approximate surface area is 171 Å². The molecule has 1 amide bonds. The Morgan fingerprint density at radius 1 is 1.11 bits per heavy atom. The molecule has 0 aliphatic rings. The second-order valence-electron chi connectivity index (χ2n) is 5.94. The molecule has 2 aromatic carbocycles. The molecule has 1 heterocycles. The molecule has 0 saturated carbocycles. The molecule has 0 spiro atoms. The third kappa shape index (κ3) is 4.57. The number of carboxylic acid groups (broad SMARTS) is 1. The van der Waals surface area contributed by atoms with Crippen LogP contribution in [-0.4, -0.2) is 22.1 Å². The van der Waals surface area contributed by atoms with Gasteiger partial charge in [0.25, 0.3) is 5.91 Å². The number of aryl methyl sites for hydroxylation is 1. The monoisotopic (exact) mass is 414 g/mol. The van der Waals surface area contributed by atoms with Gasteiger partial charge in [0.15, 0.2) is 5.11 Å². The zero-order valence-electron chi connectivity index (χ0n) is 14.7. The second-order valence-corrected chi connectivity index (χ2v) is 6.78. The highest BCUT2D eigenvalue weighted by Crippen LogP contribution is 2.32. The topological polar surface area (TPSA) is 91.6 Å². The van der Waals surface area contributed by atoms with E-state index >= 15 is 0 Å². The van der Waals surface area contributed by atoms with Crippen LogP contribution in [0.3, 0.4) is 0 Å². The van der Waals surface area contributed by atoms with E-state index in [9.17, 15) is 9.59 Å². The predicted octanol–water partition coefficient (Wildman–Crippen LogP) is 4.73. The molecule has 3 aromatic rings. The summed E-state index contributed by atoms with van der Waals surface area (Å²) in [7, 11) is 0. The minimum Gasteiger partial charge on any atom is -0.475 e. The summed E-state index contributed by atoms with van der Waals surface area (Å²) in [5, 5.41) is 15.1. The molecule has 0 radical (unpaired) electrons. The van der Waals surface area contributed by atoms with Crippen molar-refractivity contribution in [3.8, 4) is 11.3 Å². The maximum Gasteiger partial charge on any atom is 0.371 e. The summed E-state index contributed by atoms with van der Waals surface area (Å²) in [4.78, 5) is 23.4. The number of anilines is 1. The van der Waals surface area contributed by atoms with Crippen LogP contribution in [0, 0.1) is 6.92 Å². The van der Waals surface area contributed by atoms with Crippen molar-refractivity contribution < 1.29 is 19.1 Å². The average Bonchev–Trinajstić information content (AvgIpc) is 3.12. The van der Waals surface area contributed by atoms with Crippen LogP contribution in [0.15, 0.2) is 59.0 Å². The van der Waals surface area contributed by atoms with Crippen LogP contribution in [0.1, 0.15) is 26.5 Å². The fourth-order valence-electron chi connectivity index (χ4n) is 2.55. The molecule has 0 aliphatic carbocycles. The Morgan fingerprint density at radius 3 is 2.57 bits per heavy atom. The summed E-state index contributed by atoms with van der Waals surface area (Å²) in [5.74, 6) is -1.39. The number of carbonyl (C=O) groups excluding carboxylic acids is 1. The SMILES string of the molecule is Cc1cccc(C(=O)NC(=S)Nc2cc(Cl)ccc2-c2ccc(C(=O)O)o2)c1. The number of carboxylic acids is 1. The third-order valence-corrected chi connectivity index (χ3v) is 4.26. The normalized spacial score (nSPS) is 10.4. The number of furan rings is 1. The first-order chi connectivity index (χ1) is 13.3. The van der Waals surface area contributed by atoms with E-state index < -0.39 is 5.97 Å². The van der Waals surface area contributed by atoms with Crippen LogP contribution in [0.25, 0.3) is 11.3 Å². The van der Waals surface area contributed by atoms with Gasteiger partial charge in [0.2, 0.25) is 5.76 Å². The number of amides is 1. The fourth-order valence-corrected chi connectivity index (χ4v) is 2.92. The highest BCUT2D eigenvalue weighted by atomic mass is 35.5. The van der Waals surface area contributed by atoms with Crippen LogP contribution in [-0.2, 0) is 0 Å². The van der Waals surface area contributed by atoms with Crippen LogP contribution >= 0.6 is 23.8 Å². The number of rotatable bonds is 4. The van der Waals surface area contributed by atoms with Crippen molar-refractivity contribution in [2.24, 2.45) is 0 Å². The molecule has 0 saturated heterocycles. The summed E-state index contributed by atoms with van der Waals surface area (Å²) >= 11 is 11.3. The Bertz CT molecular complexity index is 1080. The molecule has 0 unspecified atom stereocenters. The average molecular weight is 415 g/mol. The number of aromatic carboxylic acids is 1. The first-order valence-electron chi connectivity index (χ1n) is 8.15. The van der Waals surface area contributed by atoms with E-state index in [4.69, 9.17) is 33.3 Å². The van der Waals surface area contributed by atoms with Crippen molar-refractivity contribution in [2.45, 2.75) is 6.92 Å². The van der Waals surface area contributed by atoms with Gasteiger partial charge < -0.3 is 14.8 Å². The van der Waals surface area contributed by atoms with E-state index in [1.54, 1.807) is 36.4 Å². The van der Waals surface area contributed by atoms with E-state index in [0.29, 0.717) is 27.6 Å². The van der Waals surface area contributed by atoms with Crippen LogP contribution in [0.4, 0.5) is 5.69 Å². The number of thiocarbonyl (C=S) groups is 1. The number of nitrogens with one attached hydrogen (secondary N) is 2. The van der Waals surface area contributed by atoms with Crippen molar-refractivity contribution in [3.63, 3.8) is 0 Å². The lowest BCUT2D eigenvalue weighted by atomic mass is 10.1. The molecular formula is C20H15ClN2O4S. The number of hydrogen-bond acceptors (Lipinski definition) is 4. The first kappa shape index (κ1) is 19.6. The van der Waals surface area contributed by atoms with E-state index in [2.05, 4.69) is 10.6 Å². The lowest BCUT2D eigenvalue weighted by molar-refractivity contribution is 0.0663. The van der Waals surface area contributed by atoms with Gasteiger partial charge in [0, 0.05) is 16.1 Å². The van der Waals surface area contributed by atoms with Crippen LogP contribution in [0.2, 0.25) is 5.02 Å². The molecule has 0 bridgehead atoms. The van der Waals surface area contributed by atoms with E-state index in [1.807, 2.05) is 13.0 Å². The second kappa shape index (κ2) is 8.24. The zero-order valence-corrected chi connectivity index (χ0v) is 16.2. The van der Waals surface area contributed by atoms with Gasteiger partial charge in [-0.1, -0.05) is 29.3 Å². The first-order valence-corrected chi connectivity index (χ1v) is 8.94. The van der Waals surface area contributed by atoms with Crippen molar-refractivity contribution in [3.05, 3.63) is 76.5 Å². The molecule has 28 heavy (non-hydrogen) atoms. The molecule has 8 heteroatoms. The zero-order chi connectivity index (χ0) is 20.3. The lowest BCUT2D eigenvalue weighted by Crippen LogP contribution is -2.34. The van der Waals surface area contributed by atoms with Gasteiger partial charge in [-0.05, 0) is 61.6 Å². The van der Waals surface area contributed by atoms with Gasteiger partial charge >= 0.3 is 5.97 Å². The van der Waals surface area contributed by atoms with Crippen molar-refractivity contribution in [1.82, 2.24) is 5.32 Å². The van der Waals surface area contributed by atoms with Gasteiger partial charge in [-0.25, -0.2) is 4.79 Å². The highest BCUT2D eigenvalue weighted by Gasteiger charge is 2.15. The van der Waals surface area contributed by atoms with Crippen molar-refractivity contribution in [1.29, 1.82) is 0 Å². The molecule has 0 aliphatic heterocycles. The van der Waals surface area contributed by atoms with Crippen LogP contribution in [0.5, 0.6) is 0 Å². The Kier molecular flexibility index (Phi) is 5.77. The molecule has 6 nitrogen and oxygen atoms in total. The van der Waals surface area contributed by atoms with Gasteiger partial charge in [-0.15, -0.1) is 0 Å². The third-order valence-electron chi connectivity index (χ3n) is 3.82. The molecular weight excluding hydrogens is 400 g/mol. The lowest BCUT2D eigenvalue weighted by Gasteiger charge is -2.13. The molecule has 3 N–H and O–H groups in total. The fraction of sp³-hybridized carbons (Fsp3) is 0.0500. The van der Waals surface area contributed by atoms with Crippen LogP contribution < -0.4 is 10.6 Å². The molecule has 1 aromatic heterocycles. The Morgan fingerprint density at radius 2 is 1.89 bits per heavy atom. The summed E-state index contributed by atoms with van der Waals surface area (Å²) in [6.45, 7) is 1.89. The van der Waals surface area contributed by atoms with Crippen molar-refractivity contribution in [2.75, 3.05) is 5.32 Å². The summed E-state index contributed by atoms with van der Waals surface area (Å²) < 4.78 is 5.34. The maximum absolute atomic E-state index is 12.3.